The summed E-state index contributed by atoms with van der Waals surface area (Å²) >= 11 is 0. The number of carboxylic acid groups (broad SMARTS) is 1. The number of hydrogen-bond donors (Lipinski definition) is 1. The van der Waals surface area contributed by atoms with Gasteiger partial charge < -0.3 is 9.67 Å². The Morgan fingerprint density at radius 3 is 2.52 bits per heavy atom. The second-order valence-electron chi connectivity index (χ2n) is 5.33. The van der Waals surface area contributed by atoms with Crippen molar-refractivity contribution in [2.75, 3.05) is 0 Å². The quantitative estimate of drug-likeness (QED) is 0.801. The Kier molecular flexibility index (Phi) is 3.82. The van der Waals surface area contributed by atoms with Gasteiger partial charge in [0.1, 0.15) is 11.9 Å². The van der Waals surface area contributed by atoms with Crippen LogP contribution in [0.2, 0.25) is 0 Å². The Morgan fingerprint density at radius 1 is 1.22 bits per heavy atom. The second-order valence-corrected chi connectivity index (χ2v) is 5.33. The summed E-state index contributed by atoms with van der Waals surface area (Å²) < 4.78 is 28.4. The normalized spacial score (nSPS) is 12.5. The highest BCUT2D eigenvalue weighted by Gasteiger charge is 2.22. The van der Waals surface area contributed by atoms with Crippen LogP contribution in [0.15, 0.2) is 42.5 Å². The van der Waals surface area contributed by atoms with Crippen LogP contribution >= 0.6 is 0 Å². The summed E-state index contributed by atoms with van der Waals surface area (Å²) in [5, 5.41) is 9.31. The third-order valence-electron chi connectivity index (χ3n) is 3.75. The summed E-state index contributed by atoms with van der Waals surface area (Å²) in [5.74, 6) is -2.65. The molecule has 0 saturated heterocycles. The minimum absolute atomic E-state index is 0.239. The molecule has 3 rings (SSSR count). The van der Waals surface area contributed by atoms with Crippen molar-refractivity contribution in [1.29, 1.82) is 0 Å². The average molecular weight is 316 g/mol. The Bertz CT molecular complexity index is 875. The van der Waals surface area contributed by atoms with E-state index in [1.165, 1.54) is 11.5 Å². The highest BCUT2D eigenvalue weighted by atomic mass is 19.2. The Labute approximate surface area is 131 Å². The molecule has 2 aromatic carbocycles. The van der Waals surface area contributed by atoms with Crippen molar-refractivity contribution in [3.05, 3.63) is 65.5 Å². The van der Waals surface area contributed by atoms with E-state index in [4.69, 9.17) is 0 Å². The molecule has 0 aliphatic heterocycles. The van der Waals surface area contributed by atoms with Gasteiger partial charge in [-0.25, -0.2) is 18.6 Å². The topological polar surface area (TPSA) is 55.1 Å². The van der Waals surface area contributed by atoms with Crippen LogP contribution < -0.4 is 0 Å². The lowest BCUT2D eigenvalue weighted by atomic mass is 10.1. The Morgan fingerprint density at radius 2 is 1.87 bits per heavy atom. The first kappa shape index (κ1) is 15.1. The standard InChI is InChI=1S/C17H14F2N2O2/c1-10(17(22)23)21-15-9-13(19)12(18)8-14(15)20-16(21)7-11-5-3-2-4-6-11/h2-6,8-10H,7H2,1H3,(H,22,23). The molecule has 118 valence electrons. The largest absolute Gasteiger partial charge is 0.480 e. The number of hydrogen-bond acceptors (Lipinski definition) is 2. The highest BCUT2D eigenvalue weighted by Crippen LogP contribution is 2.25. The van der Waals surface area contributed by atoms with E-state index in [1.807, 2.05) is 30.3 Å². The molecule has 6 heteroatoms. The van der Waals surface area contributed by atoms with Crippen molar-refractivity contribution in [3.8, 4) is 0 Å². The lowest BCUT2D eigenvalue weighted by Crippen LogP contribution is -2.18. The van der Waals surface area contributed by atoms with Crippen LogP contribution in [0, 0.1) is 11.6 Å². The van der Waals surface area contributed by atoms with Crippen LogP contribution in [0.4, 0.5) is 8.78 Å². The third-order valence-corrected chi connectivity index (χ3v) is 3.75. The molecule has 1 atom stereocenters. The maximum atomic E-state index is 13.6. The van der Waals surface area contributed by atoms with Crippen LogP contribution in [-0.2, 0) is 11.2 Å². The summed E-state index contributed by atoms with van der Waals surface area (Å²) in [5.41, 5.74) is 1.44. The van der Waals surface area contributed by atoms with E-state index in [1.54, 1.807) is 0 Å². The minimum atomic E-state index is -1.07. The van der Waals surface area contributed by atoms with E-state index < -0.39 is 23.6 Å². The van der Waals surface area contributed by atoms with Crippen molar-refractivity contribution >= 4 is 17.0 Å². The summed E-state index contributed by atoms with van der Waals surface area (Å²) in [6, 6.07) is 10.4. The van der Waals surface area contributed by atoms with Gasteiger partial charge in [-0.2, -0.15) is 0 Å². The van der Waals surface area contributed by atoms with Gasteiger partial charge in [-0.1, -0.05) is 30.3 Å². The van der Waals surface area contributed by atoms with Crippen LogP contribution in [0.5, 0.6) is 0 Å². The van der Waals surface area contributed by atoms with Crippen LogP contribution in [0.25, 0.3) is 11.0 Å². The smallest absolute Gasteiger partial charge is 0.326 e. The number of benzene rings is 2. The predicted octanol–water partition coefficient (Wildman–Crippen LogP) is 3.55. The first-order chi connectivity index (χ1) is 11.0. The van der Waals surface area contributed by atoms with Gasteiger partial charge in [0.25, 0.3) is 0 Å². The first-order valence-corrected chi connectivity index (χ1v) is 7.10. The van der Waals surface area contributed by atoms with E-state index in [-0.39, 0.29) is 11.0 Å². The molecule has 0 spiro atoms. The number of fused-ring (bicyclic) bond motifs is 1. The highest BCUT2D eigenvalue weighted by molar-refractivity contribution is 5.80. The van der Waals surface area contributed by atoms with Crippen molar-refractivity contribution < 1.29 is 18.7 Å². The number of carboxylic acids is 1. The van der Waals surface area contributed by atoms with Gasteiger partial charge >= 0.3 is 5.97 Å². The average Bonchev–Trinajstić information content (AvgIpc) is 2.84. The molecule has 0 amide bonds. The molecule has 0 saturated carbocycles. The van der Waals surface area contributed by atoms with Crippen LogP contribution in [-0.4, -0.2) is 20.6 Å². The van der Waals surface area contributed by atoms with E-state index in [2.05, 4.69) is 4.98 Å². The van der Waals surface area contributed by atoms with E-state index >= 15 is 0 Å². The number of aliphatic carboxylic acids is 1. The summed E-state index contributed by atoms with van der Waals surface area (Å²) in [4.78, 5) is 15.7. The fraction of sp³-hybridized carbons (Fsp3) is 0.176. The van der Waals surface area contributed by atoms with Gasteiger partial charge in [-0.15, -0.1) is 0 Å². The fourth-order valence-electron chi connectivity index (χ4n) is 2.59. The zero-order valence-electron chi connectivity index (χ0n) is 12.3. The molecular weight excluding hydrogens is 302 g/mol. The molecule has 0 radical (unpaired) electrons. The second kappa shape index (κ2) is 5.79. The van der Waals surface area contributed by atoms with Crippen molar-refractivity contribution in [3.63, 3.8) is 0 Å². The molecule has 4 nitrogen and oxygen atoms in total. The number of carbonyl (C=O) groups is 1. The molecule has 1 N–H and O–H groups in total. The number of aromatic nitrogens is 2. The van der Waals surface area contributed by atoms with Crippen molar-refractivity contribution in [1.82, 2.24) is 9.55 Å². The lowest BCUT2D eigenvalue weighted by Gasteiger charge is -2.13. The third kappa shape index (κ3) is 2.79. The molecule has 0 bridgehead atoms. The van der Waals surface area contributed by atoms with E-state index in [9.17, 15) is 18.7 Å². The monoisotopic (exact) mass is 316 g/mol. The zero-order chi connectivity index (χ0) is 16.6. The van der Waals surface area contributed by atoms with Gasteiger partial charge in [0.05, 0.1) is 11.0 Å². The van der Waals surface area contributed by atoms with E-state index in [0.29, 0.717) is 12.2 Å². The molecule has 3 aromatic rings. The van der Waals surface area contributed by atoms with Crippen LogP contribution in [0.3, 0.4) is 0 Å². The summed E-state index contributed by atoms with van der Waals surface area (Å²) in [7, 11) is 0. The number of rotatable bonds is 4. The van der Waals surface area contributed by atoms with Gasteiger partial charge in [0, 0.05) is 18.6 Å². The van der Waals surface area contributed by atoms with Gasteiger partial charge in [0.2, 0.25) is 0 Å². The summed E-state index contributed by atoms with van der Waals surface area (Å²) in [6.07, 6.45) is 0.371. The van der Waals surface area contributed by atoms with Gasteiger partial charge in [-0.3, -0.25) is 0 Å². The maximum Gasteiger partial charge on any atom is 0.326 e. The fourth-order valence-corrected chi connectivity index (χ4v) is 2.59. The van der Waals surface area contributed by atoms with Gasteiger partial charge in [-0.05, 0) is 12.5 Å². The lowest BCUT2D eigenvalue weighted by molar-refractivity contribution is -0.140. The molecule has 1 aromatic heterocycles. The molecule has 1 unspecified atom stereocenters. The maximum absolute atomic E-state index is 13.6. The summed E-state index contributed by atoms with van der Waals surface area (Å²) in [6.45, 7) is 1.49. The van der Waals surface area contributed by atoms with Gasteiger partial charge in [0.15, 0.2) is 11.6 Å². The Balaban J connectivity index is 2.19. The predicted molar refractivity (Wildman–Crippen MR) is 81.2 cm³/mol. The number of nitrogens with zero attached hydrogens (tertiary/aromatic N) is 2. The minimum Gasteiger partial charge on any atom is -0.480 e. The van der Waals surface area contributed by atoms with E-state index in [0.717, 1.165) is 17.7 Å². The molecule has 23 heavy (non-hydrogen) atoms. The number of imidazole rings is 1. The molecular formula is C17H14F2N2O2. The molecule has 0 fully saturated rings. The SMILES string of the molecule is CC(C(=O)O)n1c(Cc2ccccc2)nc2cc(F)c(F)cc21. The molecule has 0 aliphatic carbocycles. The molecule has 1 heterocycles. The van der Waals surface area contributed by atoms with Crippen molar-refractivity contribution in [2.45, 2.75) is 19.4 Å². The first-order valence-electron chi connectivity index (χ1n) is 7.10. The zero-order valence-corrected chi connectivity index (χ0v) is 12.3. The van der Waals surface area contributed by atoms with Crippen LogP contribution in [0.1, 0.15) is 24.4 Å². The number of halogens is 2. The molecule has 0 aliphatic rings. The van der Waals surface area contributed by atoms with Crippen molar-refractivity contribution in [2.24, 2.45) is 0 Å². The Hall–Kier alpha value is -2.76.